The minimum Gasteiger partial charge on any atom is -0.478 e. The van der Waals surface area contributed by atoms with Crippen molar-refractivity contribution in [3.8, 4) is 5.75 Å². The van der Waals surface area contributed by atoms with Crippen molar-refractivity contribution in [2.24, 2.45) is 0 Å². The molecule has 0 radical (unpaired) electrons. The number of ketones is 1. The Labute approximate surface area is 185 Å². The lowest BCUT2D eigenvalue weighted by Gasteiger charge is -2.34. The molecule has 1 N–H and O–H groups in total. The Hall–Kier alpha value is -3.10. The number of carbonyl (C=O) groups excluding carboxylic acids is 2. The molecule has 1 heterocycles. The highest BCUT2D eigenvalue weighted by Gasteiger charge is 2.27. The van der Waals surface area contributed by atoms with Gasteiger partial charge in [-0.2, -0.15) is 0 Å². The summed E-state index contributed by atoms with van der Waals surface area (Å²) in [4.78, 5) is 41.4. The topological polar surface area (TPSA) is 87.2 Å². The summed E-state index contributed by atoms with van der Waals surface area (Å²) in [5, 5.41) is 9.13. The number of aliphatic carboxylic acids is 1. The molecule has 8 heteroatoms. The molecule has 0 bridgehead atoms. The highest BCUT2D eigenvalue weighted by Crippen LogP contribution is 2.51. The quantitative estimate of drug-likeness (QED) is 0.218. The first kappa shape index (κ1) is 22.6. The van der Waals surface area contributed by atoms with Gasteiger partial charge >= 0.3 is 11.9 Å². The third kappa shape index (κ3) is 5.34. The molecule has 0 aromatic heterocycles. The number of ether oxygens (including phenoxy) is 1. The number of benzene rings is 2. The lowest BCUT2D eigenvalue weighted by molar-refractivity contribution is -0.136. The predicted molar refractivity (Wildman–Crippen MR) is 119 cm³/mol. The van der Waals surface area contributed by atoms with Crippen LogP contribution >= 0.6 is 11.8 Å². The van der Waals surface area contributed by atoms with Crippen molar-refractivity contribution in [2.45, 2.75) is 23.1 Å². The first-order valence-electron chi connectivity index (χ1n) is 9.78. The van der Waals surface area contributed by atoms with E-state index >= 15 is 0 Å². The molecule has 3 rings (SSSR count). The first-order chi connectivity index (χ1) is 14.8. The maximum Gasteiger partial charge on any atom is 0.339 e. The molecule has 2 aromatic rings. The van der Waals surface area contributed by atoms with Crippen LogP contribution in [0.4, 0.5) is 11.4 Å². The summed E-state index contributed by atoms with van der Waals surface area (Å²) in [6.45, 7) is 2.70. The lowest BCUT2D eigenvalue weighted by Crippen LogP contribution is -2.26. The lowest BCUT2D eigenvalue weighted by atomic mass is 10.1. The van der Waals surface area contributed by atoms with Crippen LogP contribution in [0, 0.1) is 0 Å². The second-order valence-electron chi connectivity index (χ2n) is 7.32. The summed E-state index contributed by atoms with van der Waals surface area (Å²) < 4.78 is 5.52. The van der Waals surface area contributed by atoms with Gasteiger partial charge in [-0.15, -0.1) is 0 Å². The number of hydrogen-bond donors (Lipinski definition) is 1. The first-order valence-corrected chi connectivity index (χ1v) is 10.6. The van der Waals surface area contributed by atoms with E-state index in [2.05, 4.69) is 15.9 Å². The monoisotopic (exact) mass is 440 g/mol. The van der Waals surface area contributed by atoms with Crippen molar-refractivity contribution < 1.29 is 24.2 Å². The van der Waals surface area contributed by atoms with E-state index in [1.165, 1.54) is 0 Å². The molecule has 1 aliphatic rings. The summed E-state index contributed by atoms with van der Waals surface area (Å²) in [5.41, 5.74) is 1.16. The maximum atomic E-state index is 12.4. The van der Waals surface area contributed by atoms with Crippen LogP contribution in [0.1, 0.15) is 13.3 Å². The third-order valence-corrected chi connectivity index (χ3v) is 5.79. The number of nitrogens with zero attached hydrogens (tertiary/aromatic N) is 2. The average molecular weight is 441 g/mol. The van der Waals surface area contributed by atoms with Gasteiger partial charge in [0.05, 0.1) is 11.4 Å². The van der Waals surface area contributed by atoms with Crippen molar-refractivity contribution in [1.82, 2.24) is 4.90 Å². The SMILES string of the molecule is CC(=O)/C(=C/C(=O)Oc1cccc2c1N(CCCN(C)C)c1ccccc1S2)C(=O)O. The van der Waals surface area contributed by atoms with E-state index < -0.39 is 23.3 Å². The summed E-state index contributed by atoms with van der Waals surface area (Å²) in [6, 6.07) is 13.4. The molecule has 0 saturated heterocycles. The molecule has 0 spiro atoms. The molecular weight excluding hydrogens is 416 g/mol. The van der Waals surface area contributed by atoms with Crippen LogP contribution in [0.15, 0.2) is 63.9 Å². The van der Waals surface area contributed by atoms with Crippen LogP contribution in [0.3, 0.4) is 0 Å². The zero-order valence-electron chi connectivity index (χ0n) is 17.6. The molecule has 7 nitrogen and oxygen atoms in total. The minimum absolute atomic E-state index is 0.318. The zero-order valence-corrected chi connectivity index (χ0v) is 18.4. The normalized spacial score (nSPS) is 12.9. The van der Waals surface area contributed by atoms with E-state index in [1.807, 2.05) is 38.4 Å². The van der Waals surface area contributed by atoms with Crippen LogP contribution < -0.4 is 9.64 Å². The Kier molecular flexibility index (Phi) is 7.14. The van der Waals surface area contributed by atoms with Crippen LogP contribution in [0.5, 0.6) is 5.75 Å². The van der Waals surface area contributed by atoms with Gasteiger partial charge in [0.15, 0.2) is 11.5 Å². The number of anilines is 2. The number of Topliss-reactive ketones (excluding diaryl/α,β-unsaturated/α-hetero) is 1. The van der Waals surface area contributed by atoms with Crippen molar-refractivity contribution in [2.75, 3.05) is 32.1 Å². The Morgan fingerprint density at radius 2 is 1.81 bits per heavy atom. The van der Waals surface area contributed by atoms with Crippen molar-refractivity contribution in [1.29, 1.82) is 0 Å². The molecule has 2 aromatic carbocycles. The molecule has 0 saturated carbocycles. The zero-order chi connectivity index (χ0) is 22.5. The van der Waals surface area contributed by atoms with Crippen molar-refractivity contribution in [3.05, 3.63) is 54.1 Å². The van der Waals surface area contributed by atoms with Gasteiger partial charge < -0.3 is 19.6 Å². The Morgan fingerprint density at radius 3 is 2.48 bits per heavy atom. The highest BCUT2D eigenvalue weighted by atomic mass is 32.2. The summed E-state index contributed by atoms with van der Waals surface area (Å²) in [7, 11) is 4.03. The van der Waals surface area contributed by atoms with E-state index in [0.29, 0.717) is 12.3 Å². The molecule has 0 aliphatic carbocycles. The number of para-hydroxylation sites is 2. The number of carboxylic acids is 1. The van der Waals surface area contributed by atoms with Gasteiger partial charge in [0.2, 0.25) is 0 Å². The molecule has 0 amide bonds. The van der Waals surface area contributed by atoms with Gasteiger partial charge in [-0.05, 0) is 58.3 Å². The molecule has 162 valence electrons. The fourth-order valence-corrected chi connectivity index (χ4v) is 4.41. The molecule has 31 heavy (non-hydrogen) atoms. The molecule has 0 fully saturated rings. The number of carbonyl (C=O) groups is 3. The van der Waals surface area contributed by atoms with Gasteiger partial charge in [0, 0.05) is 22.4 Å². The average Bonchev–Trinajstić information content (AvgIpc) is 2.71. The summed E-state index contributed by atoms with van der Waals surface area (Å²) >= 11 is 1.58. The highest BCUT2D eigenvalue weighted by molar-refractivity contribution is 7.99. The van der Waals surface area contributed by atoms with Crippen molar-refractivity contribution >= 4 is 40.9 Å². The Balaban J connectivity index is 1.97. The fraction of sp³-hybridized carbons (Fsp3) is 0.261. The van der Waals surface area contributed by atoms with E-state index in [9.17, 15) is 14.4 Å². The fourth-order valence-electron chi connectivity index (χ4n) is 3.29. The van der Waals surface area contributed by atoms with Gasteiger partial charge in [0.25, 0.3) is 0 Å². The van der Waals surface area contributed by atoms with E-state index in [4.69, 9.17) is 9.84 Å². The third-order valence-electron chi connectivity index (χ3n) is 4.68. The van der Waals surface area contributed by atoms with Crippen molar-refractivity contribution in [3.63, 3.8) is 0 Å². The van der Waals surface area contributed by atoms with Gasteiger partial charge in [-0.3, -0.25) is 4.79 Å². The van der Waals surface area contributed by atoms with Crippen LogP contribution in [0.2, 0.25) is 0 Å². The number of esters is 1. The summed E-state index contributed by atoms with van der Waals surface area (Å²) in [6.07, 6.45) is 1.62. The molecule has 1 aliphatic heterocycles. The smallest absolute Gasteiger partial charge is 0.339 e. The van der Waals surface area contributed by atoms with Gasteiger partial charge in [-0.25, -0.2) is 9.59 Å². The van der Waals surface area contributed by atoms with Crippen LogP contribution in [0.25, 0.3) is 0 Å². The van der Waals surface area contributed by atoms with E-state index in [1.54, 1.807) is 23.9 Å². The minimum atomic E-state index is -1.46. The molecular formula is C23H24N2O5S. The standard InChI is InChI=1S/C23H24N2O5S/c1-15(26)16(23(28)29)14-21(27)30-18-9-6-11-20-22(18)25(13-7-12-24(2)3)17-8-4-5-10-19(17)31-20/h4-6,8-11,14H,7,12-13H2,1-3H3,(H,28,29)/b16-14-. The van der Waals surface area contributed by atoms with Crippen LogP contribution in [-0.4, -0.2) is 54.9 Å². The number of hydrogen-bond acceptors (Lipinski definition) is 7. The number of fused-ring (bicyclic) bond motifs is 2. The second kappa shape index (κ2) is 9.80. The maximum absolute atomic E-state index is 12.4. The van der Waals surface area contributed by atoms with Crippen LogP contribution in [-0.2, 0) is 14.4 Å². The van der Waals surface area contributed by atoms with E-state index in [-0.39, 0.29) is 0 Å². The number of rotatable bonds is 8. The van der Waals surface area contributed by atoms with Gasteiger partial charge in [-0.1, -0.05) is 30.0 Å². The predicted octanol–water partition coefficient (Wildman–Crippen LogP) is 3.75. The Bertz CT molecular complexity index is 1030. The van der Waals surface area contributed by atoms with E-state index in [0.717, 1.165) is 47.1 Å². The van der Waals surface area contributed by atoms with Gasteiger partial charge in [0.1, 0.15) is 5.57 Å². The summed E-state index contributed by atoms with van der Waals surface area (Å²) in [5.74, 6) is -2.76. The number of carboxylic acid groups (broad SMARTS) is 1. The molecule has 0 unspecified atom stereocenters. The second-order valence-corrected chi connectivity index (χ2v) is 8.41. The molecule has 0 atom stereocenters. The largest absolute Gasteiger partial charge is 0.478 e. The Morgan fingerprint density at radius 1 is 1.10 bits per heavy atom.